The van der Waals surface area contributed by atoms with Gasteiger partial charge in [-0.25, -0.2) is 9.59 Å². The number of benzene rings is 2. The van der Waals surface area contributed by atoms with Gasteiger partial charge in [-0.2, -0.15) is 0 Å². The molecule has 34 heavy (non-hydrogen) atoms. The molecule has 7 nitrogen and oxygen atoms in total. The Labute approximate surface area is 198 Å². The van der Waals surface area contributed by atoms with E-state index in [1.165, 1.54) is 17.2 Å². The highest BCUT2D eigenvalue weighted by Gasteiger charge is 2.27. The van der Waals surface area contributed by atoms with Crippen LogP contribution in [-0.2, 0) is 29.0 Å². The molecule has 0 saturated heterocycles. The molecule has 2 aromatic carbocycles. The molecule has 3 aromatic rings. The van der Waals surface area contributed by atoms with Gasteiger partial charge in [-0.1, -0.05) is 13.8 Å². The van der Waals surface area contributed by atoms with Gasteiger partial charge >= 0.3 is 11.6 Å². The van der Waals surface area contributed by atoms with Crippen LogP contribution in [0, 0.1) is 5.92 Å². The van der Waals surface area contributed by atoms with Gasteiger partial charge in [0.1, 0.15) is 24.0 Å². The van der Waals surface area contributed by atoms with Gasteiger partial charge in [0, 0.05) is 22.6 Å². The molecule has 0 fully saturated rings. The van der Waals surface area contributed by atoms with E-state index in [-0.39, 0.29) is 18.4 Å². The van der Waals surface area contributed by atoms with Gasteiger partial charge in [-0.15, -0.1) is 0 Å². The summed E-state index contributed by atoms with van der Waals surface area (Å²) in [6, 6.07) is 11.2. The van der Waals surface area contributed by atoms with E-state index in [1.54, 1.807) is 24.3 Å². The highest BCUT2D eigenvalue weighted by molar-refractivity contribution is 5.97. The fourth-order valence-corrected chi connectivity index (χ4v) is 4.24. The van der Waals surface area contributed by atoms with E-state index < -0.39 is 17.6 Å². The number of ether oxygens (including phenoxy) is 2. The third kappa shape index (κ3) is 5.14. The summed E-state index contributed by atoms with van der Waals surface area (Å²) in [5.41, 5.74) is 3.46. The van der Waals surface area contributed by atoms with E-state index in [0.717, 1.165) is 24.6 Å². The third-order valence-electron chi connectivity index (χ3n) is 6.05. The van der Waals surface area contributed by atoms with Crippen molar-refractivity contribution >= 4 is 22.8 Å². The summed E-state index contributed by atoms with van der Waals surface area (Å²) in [6.45, 7) is 6.01. The number of carbonyl (C=O) groups is 2. The predicted octanol–water partition coefficient (Wildman–Crippen LogP) is 4.18. The molecule has 0 bridgehead atoms. The number of esters is 1. The summed E-state index contributed by atoms with van der Waals surface area (Å²) >= 11 is 0. The highest BCUT2D eigenvalue weighted by atomic mass is 16.5. The summed E-state index contributed by atoms with van der Waals surface area (Å²) < 4.78 is 16.4. The minimum absolute atomic E-state index is 0.0815. The van der Waals surface area contributed by atoms with Crippen LogP contribution in [0.3, 0.4) is 0 Å². The standard InChI is InChI=1S/C27H29NO6/c1-4-32-21-10-8-17(9-11-21)26(30)28-25(16(2)3)27(31)33-15-20-14-24(29)34-23-13-19-7-5-6-18(19)12-22(20)23/h8-14,16,25H,4-7,15H2,1-3H3,(H,28,30)/t25-/m0/s1. The van der Waals surface area contributed by atoms with Crippen LogP contribution >= 0.6 is 0 Å². The van der Waals surface area contributed by atoms with Crippen molar-refractivity contribution in [1.29, 1.82) is 0 Å². The molecule has 0 aliphatic heterocycles. The number of amides is 1. The molecule has 178 valence electrons. The second-order valence-corrected chi connectivity index (χ2v) is 8.82. The maximum Gasteiger partial charge on any atom is 0.336 e. The van der Waals surface area contributed by atoms with Crippen molar-refractivity contribution in [2.45, 2.75) is 52.7 Å². The van der Waals surface area contributed by atoms with Crippen molar-refractivity contribution in [1.82, 2.24) is 5.32 Å². The average Bonchev–Trinajstić information content (AvgIpc) is 3.27. The van der Waals surface area contributed by atoms with Gasteiger partial charge in [0.15, 0.2) is 0 Å². The van der Waals surface area contributed by atoms with E-state index in [0.29, 0.717) is 29.1 Å². The molecule has 1 amide bonds. The smallest absolute Gasteiger partial charge is 0.336 e. The Balaban J connectivity index is 1.47. The number of rotatable bonds is 8. The number of hydrogen-bond donors (Lipinski definition) is 1. The van der Waals surface area contributed by atoms with Gasteiger partial charge in [-0.3, -0.25) is 4.79 Å². The van der Waals surface area contributed by atoms with Crippen LogP contribution in [0.25, 0.3) is 11.0 Å². The SMILES string of the molecule is CCOc1ccc(C(=O)N[C@H](C(=O)OCc2cc(=O)oc3cc4c(cc23)CCC4)C(C)C)cc1. The quantitative estimate of drug-likeness (QED) is 0.398. The molecule has 1 N–H and O–H groups in total. The van der Waals surface area contributed by atoms with Gasteiger partial charge in [0.05, 0.1) is 6.61 Å². The summed E-state index contributed by atoms with van der Waals surface area (Å²) in [5.74, 6) is -0.457. The number of hydrogen-bond acceptors (Lipinski definition) is 6. The largest absolute Gasteiger partial charge is 0.494 e. The third-order valence-corrected chi connectivity index (χ3v) is 6.05. The van der Waals surface area contributed by atoms with E-state index in [1.807, 2.05) is 32.9 Å². The van der Waals surface area contributed by atoms with Gasteiger partial charge in [0.25, 0.3) is 5.91 Å². The predicted molar refractivity (Wildman–Crippen MR) is 128 cm³/mol. The molecule has 1 heterocycles. The van der Waals surface area contributed by atoms with E-state index >= 15 is 0 Å². The first-order chi connectivity index (χ1) is 16.4. The Kier molecular flexibility index (Phi) is 7.01. The first-order valence-corrected chi connectivity index (χ1v) is 11.6. The Morgan fingerprint density at radius 1 is 1.06 bits per heavy atom. The topological polar surface area (TPSA) is 94.8 Å². The normalized spacial score (nSPS) is 13.5. The molecule has 1 aliphatic carbocycles. The number of carbonyl (C=O) groups excluding carboxylic acids is 2. The lowest BCUT2D eigenvalue weighted by atomic mass is 10.0. The Morgan fingerprint density at radius 3 is 2.44 bits per heavy atom. The minimum Gasteiger partial charge on any atom is -0.494 e. The van der Waals surface area contributed by atoms with Crippen LogP contribution in [-0.4, -0.2) is 24.5 Å². The molecule has 0 saturated carbocycles. The second kappa shape index (κ2) is 10.1. The molecular formula is C27H29NO6. The Hall–Kier alpha value is -3.61. The summed E-state index contributed by atoms with van der Waals surface area (Å²) in [4.78, 5) is 37.7. The van der Waals surface area contributed by atoms with Crippen LogP contribution in [0.5, 0.6) is 5.75 Å². The van der Waals surface area contributed by atoms with Crippen molar-refractivity contribution in [3.8, 4) is 5.75 Å². The van der Waals surface area contributed by atoms with Crippen molar-refractivity contribution in [3.05, 3.63) is 75.1 Å². The lowest BCUT2D eigenvalue weighted by Gasteiger charge is -2.21. The molecule has 1 aromatic heterocycles. The first kappa shape index (κ1) is 23.5. The zero-order valence-electron chi connectivity index (χ0n) is 19.7. The molecular weight excluding hydrogens is 434 g/mol. The zero-order valence-corrected chi connectivity index (χ0v) is 19.7. The summed E-state index contributed by atoms with van der Waals surface area (Å²) in [7, 11) is 0. The maximum absolute atomic E-state index is 12.9. The lowest BCUT2D eigenvalue weighted by molar-refractivity contribution is -0.148. The van der Waals surface area contributed by atoms with Gasteiger partial charge in [-0.05, 0) is 79.6 Å². The van der Waals surface area contributed by atoms with E-state index in [4.69, 9.17) is 13.9 Å². The molecule has 0 radical (unpaired) electrons. The Bertz CT molecular complexity index is 1260. The molecule has 0 unspecified atom stereocenters. The molecule has 7 heteroatoms. The monoisotopic (exact) mass is 463 g/mol. The summed E-state index contributed by atoms with van der Waals surface area (Å²) in [6.07, 6.45) is 3.03. The van der Waals surface area contributed by atoms with Crippen molar-refractivity contribution in [3.63, 3.8) is 0 Å². The first-order valence-electron chi connectivity index (χ1n) is 11.6. The fourth-order valence-electron chi connectivity index (χ4n) is 4.24. The molecule has 0 spiro atoms. The summed E-state index contributed by atoms with van der Waals surface area (Å²) in [5, 5.41) is 3.54. The van der Waals surface area contributed by atoms with Crippen LogP contribution in [0.2, 0.25) is 0 Å². The molecule has 1 aliphatic rings. The maximum atomic E-state index is 12.9. The van der Waals surface area contributed by atoms with Gasteiger partial charge in [0.2, 0.25) is 0 Å². The second-order valence-electron chi connectivity index (χ2n) is 8.82. The van der Waals surface area contributed by atoms with Crippen molar-refractivity contribution in [2.75, 3.05) is 6.61 Å². The number of fused-ring (bicyclic) bond motifs is 2. The fraction of sp³-hybridized carbons (Fsp3) is 0.370. The highest BCUT2D eigenvalue weighted by Crippen LogP contribution is 2.29. The zero-order chi connectivity index (χ0) is 24.2. The van der Waals surface area contributed by atoms with Gasteiger partial charge < -0.3 is 19.2 Å². The number of nitrogens with one attached hydrogen (secondary N) is 1. The van der Waals surface area contributed by atoms with Crippen LogP contribution in [0.1, 0.15) is 54.2 Å². The van der Waals surface area contributed by atoms with Crippen LogP contribution in [0.4, 0.5) is 0 Å². The van der Waals surface area contributed by atoms with Crippen molar-refractivity contribution in [2.24, 2.45) is 5.92 Å². The average molecular weight is 464 g/mol. The van der Waals surface area contributed by atoms with E-state index in [2.05, 4.69) is 5.32 Å². The van der Waals surface area contributed by atoms with Crippen LogP contribution < -0.4 is 15.7 Å². The number of aryl methyl sites for hydroxylation is 2. The lowest BCUT2D eigenvalue weighted by Crippen LogP contribution is -2.45. The van der Waals surface area contributed by atoms with Crippen LogP contribution in [0.15, 0.2) is 51.7 Å². The minimum atomic E-state index is -0.838. The molecule has 1 atom stereocenters. The van der Waals surface area contributed by atoms with Crippen molar-refractivity contribution < 1.29 is 23.5 Å². The Morgan fingerprint density at radius 2 is 1.76 bits per heavy atom. The molecule has 4 rings (SSSR count). The van der Waals surface area contributed by atoms with E-state index in [9.17, 15) is 14.4 Å².